The summed E-state index contributed by atoms with van der Waals surface area (Å²) in [5, 5.41) is 4.42. The Morgan fingerprint density at radius 1 is 1.28 bits per heavy atom. The number of hydrogen-bond acceptors (Lipinski definition) is 2. The molecule has 0 radical (unpaired) electrons. The molecule has 2 aliphatic rings. The third-order valence-corrected chi connectivity index (χ3v) is 4.89. The number of rotatable bonds is 1. The molecule has 3 heteroatoms. The maximum atomic E-state index is 6.17. The zero-order valence-electron chi connectivity index (χ0n) is 11.2. The van der Waals surface area contributed by atoms with Crippen molar-refractivity contribution in [2.45, 2.75) is 38.1 Å². The van der Waals surface area contributed by atoms with Gasteiger partial charge in [0, 0.05) is 28.7 Å². The molecule has 1 aromatic carbocycles. The molecule has 0 aliphatic carbocycles. The molecule has 0 unspecified atom stereocenters. The van der Waals surface area contributed by atoms with Crippen molar-refractivity contribution in [2.24, 2.45) is 0 Å². The van der Waals surface area contributed by atoms with Crippen molar-refractivity contribution < 1.29 is 0 Å². The van der Waals surface area contributed by atoms with Crippen LogP contribution in [-0.4, -0.2) is 30.6 Å². The molecule has 0 aromatic heterocycles. The van der Waals surface area contributed by atoms with Crippen molar-refractivity contribution in [3.8, 4) is 0 Å². The van der Waals surface area contributed by atoms with Crippen molar-refractivity contribution in [1.29, 1.82) is 0 Å². The molecule has 1 spiro atoms. The van der Waals surface area contributed by atoms with Crippen LogP contribution >= 0.6 is 11.6 Å². The quantitative estimate of drug-likeness (QED) is 0.835. The van der Waals surface area contributed by atoms with Gasteiger partial charge in [0.25, 0.3) is 0 Å². The zero-order chi connectivity index (χ0) is 12.8. The van der Waals surface area contributed by atoms with E-state index in [1.807, 2.05) is 6.07 Å². The van der Waals surface area contributed by atoms with E-state index in [2.05, 4.69) is 36.2 Å². The molecule has 0 atom stereocenters. The number of piperidine rings is 1. The van der Waals surface area contributed by atoms with Crippen LogP contribution in [0.5, 0.6) is 0 Å². The molecule has 2 aliphatic heterocycles. The van der Waals surface area contributed by atoms with E-state index in [0.717, 1.165) is 11.6 Å². The van der Waals surface area contributed by atoms with Crippen LogP contribution in [0.3, 0.4) is 0 Å². The lowest BCUT2D eigenvalue weighted by Gasteiger charge is -2.41. The lowest BCUT2D eigenvalue weighted by Crippen LogP contribution is -2.46. The average Bonchev–Trinajstić information content (AvgIpc) is 2.69. The van der Waals surface area contributed by atoms with Crippen molar-refractivity contribution in [1.82, 2.24) is 4.90 Å². The first kappa shape index (κ1) is 12.3. The summed E-state index contributed by atoms with van der Waals surface area (Å²) in [5.41, 5.74) is 3.06. The van der Waals surface area contributed by atoms with Gasteiger partial charge in [-0.25, -0.2) is 0 Å². The average molecular weight is 265 g/mol. The highest BCUT2D eigenvalue weighted by Gasteiger charge is 2.41. The zero-order valence-corrected chi connectivity index (χ0v) is 11.9. The van der Waals surface area contributed by atoms with Crippen molar-refractivity contribution in [3.63, 3.8) is 0 Å². The Morgan fingerprint density at radius 3 is 2.67 bits per heavy atom. The van der Waals surface area contributed by atoms with Crippen molar-refractivity contribution >= 4 is 17.3 Å². The summed E-state index contributed by atoms with van der Waals surface area (Å²) in [5.74, 6) is 0. The second kappa shape index (κ2) is 4.43. The van der Waals surface area contributed by atoms with Gasteiger partial charge in [-0.2, -0.15) is 0 Å². The third kappa shape index (κ3) is 1.92. The van der Waals surface area contributed by atoms with Crippen LogP contribution in [-0.2, 0) is 5.41 Å². The summed E-state index contributed by atoms with van der Waals surface area (Å²) in [4.78, 5) is 2.58. The normalized spacial score (nSPS) is 22.2. The van der Waals surface area contributed by atoms with Gasteiger partial charge in [0.1, 0.15) is 0 Å². The Labute approximate surface area is 114 Å². The fourth-order valence-corrected chi connectivity index (χ4v) is 3.56. The van der Waals surface area contributed by atoms with E-state index in [-0.39, 0.29) is 0 Å². The van der Waals surface area contributed by atoms with Crippen molar-refractivity contribution in [2.75, 3.05) is 25.0 Å². The van der Waals surface area contributed by atoms with E-state index in [1.165, 1.54) is 37.2 Å². The number of likely N-dealkylation sites (tertiary alicyclic amines) is 1. The Morgan fingerprint density at radius 2 is 2.00 bits per heavy atom. The van der Waals surface area contributed by atoms with Crippen LogP contribution < -0.4 is 5.32 Å². The van der Waals surface area contributed by atoms with Gasteiger partial charge in [0.2, 0.25) is 0 Å². The lowest BCUT2D eigenvalue weighted by molar-refractivity contribution is 0.137. The molecule has 1 fully saturated rings. The van der Waals surface area contributed by atoms with Crippen molar-refractivity contribution in [3.05, 3.63) is 28.8 Å². The molecule has 1 saturated heterocycles. The number of anilines is 1. The Balaban J connectivity index is 1.86. The minimum Gasteiger partial charge on any atom is -0.384 e. The molecule has 98 valence electrons. The van der Waals surface area contributed by atoms with Crippen LogP contribution in [0.25, 0.3) is 0 Å². The molecular weight excluding hydrogens is 244 g/mol. The molecule has 18 heavy (non-hydrogen) atoms. The highest BCUT2D eigenvalue weighted by Crippen LogP contribution is 2.45. The monoisotopic (exact) mass is 264 g/mol. The molecule has 1 N–H and O–H groups in total. The van der Waals surface area contributed by atoms with Gasteiger partial charge in [-0.15, -0.1) is 0 Å². The Bertz CT molecular complexity index is 448. The first-order valence-corrected chi connectivity index (χ1v) is 7.26. The van der Waals surface area contributed by atoms with Crippen LogP contribution in [0.15, 0.2) is 18.2 Å². The van der Waals surface area contributed by atoms with Crippen LogP contribution in [0.4, 0.5) is 5.69 Å². The molecule has 0 amide bonds. The van der Waals surface area contributed by atoms with Gasteiger partial charge in [0.05, 0.1) is 0 Å². The van der Waals surface area contributed by atoms with Gasteiger partial charge < -0.3 is 10.2 Å². The van der Waals surface area contributed by atoms with E-state index < -0.39 is 0 Å². The molecule has 2 nitrogen and oxygen atoms in total. The molecule has 0 saturated carbocycles. The summed E-state index contributed by atoms with van der Waals surface area (Å²) in [7, 11) is 0. The van der Waals surface area contributed by atoms with Gasteiger partial charge in [-0.3, -0.25) is 0 Å². The Kier molecular flexibility index (Phi) is 3.03. The van der Waals surface area contributed by atoms with E-state index in [9.17, 15) is 0 Å². The van der Waals surface area contributed by atoms with Gasteiger partial charge in [0.15, 0.2) is 0 Å². The van der Waals surface area contributed by atoms with E-state index in [0.29, 0.717) is 11.5 Å². The van der Waals surface area contributed by atoms with Crippen LogP contribution in [0.1, 0.15) is 32.3 Å². The fraction of sp³-hybridized carbons (Fsp3) is 0.600. The maximum Gasteiger partial charge on any atom is 0.0410 e. The molecule has 3 rings (SSSR count). The number of fused-ring (bicyclic) bond motifs is 2. The van der Waals surface area contributed by atoms with Gasteiger partial charge in [-0.05, 0) is 63.5 Å². The second-order valence-corrected chi connectivity index (χ2v) is 6.39. The summed E-state index contributed by atoms with van der Waals surface area (Å²) in [6.07, 6.45) is 2.48. The topological polar surface area (TPSA) is 15.3 Å². The minimum absolute atomic E-state index is 0.325. The molecule has 2 heterocycles. The number of benzene rings is 1. The largest absolute Gasteiger partial charge is 0.384 e. The smallest absolute Gasteiger partial charge is 0.0410 e. The second-order valence-electron chi connectivity index (χ2n) is 5.95. The maximum absolute atomic E-state index is 6.17. The molecule has 0 bridgehead atoms. The van der Waals surface area contributed by atoms with Gasteiger partial charge in [-0.1, -0.05) is 11.6 Å². The highest BCUT2D eigenvalue weighted by atomic mass is 35.5. The Hall–Kier alpha value is -0.730. The summed E-state index contributed by atoms with van der Waals surface area (Å²) >= 11 is 6.17. The predicted octanol–water partition coefficient (Wildman–Crippen LogP) is 3.51. The summed E-state index contributed by atoms with van der Waals surface area (Å²) in [6, 6.07) is 6.94. The van der Waals surface area contributed by atoms with Crippen LogP contribution in [0, 0.1) is 0 Å². The molecular formula is C15H21ClN2. The number of nitrogens with zero attached hydrogens (tertiary/aromatic N) is 1. The lowest BCUT2D eigenvalue weighted by atomic mass is 9.74. The number of nitrogens with one attached hydrogen (secondary N) is 1. The fourth-order valence-electron chi connectivity index (χ4n) is 3.38. The van der Waals surface area contributed by atoms with E-state index >= 15 is 0 Å². The predicted molar refractivity (Wildman–Crippen MR) is 77.6 cm³/mol. The van der Waals surface area contributed by atoms with Gasteiger partial charge >= 0.3 is 0 Å². The molecule has 1 aromatic rings. The van der Waals surface area contributed by atoms with E-state index in [1.54, 1.807) is 0 Å². The first-order valence-electron chi connectivity index (χ1n) is 6.89. The number of hydrogen-bond donors (Lipinski definition) is 1. The third-order valence-electron chi connectivity index (χ3n) is 4.66. The highest BCUT2D eigenvalue weighted by molar-refractivity contribution is 6.30. The standard InChI is InChI=1S/C15H21ClN2/c1-11(2)18-7-5-15(6-8-18)10-17-14-4-3-12(16)9-13(14)15/h3-4,9,11,17H,5-8,10H2,1-2H3. The van der Waals surface area contributed by atoms with Crippen LogP contribution in [0.2, 0.25) is 5.02 Å². The summed E-state index contributed by atoms with van der Waals surface area (Å²) < 4.78 is 0. The number of halogens is 1. The summed E-state index contributed by atoms with van der Waals surface area (Å²) in [6.45, 7) is 8.05. The minimum atomic E-state index is 0.325. The SMILES string of the molecule is CC(C)N1CCC2(CC1)CNc1ccc(Cl)cc12. The first-order chi connectivity index (χ1) is 8.61. The van der Waals surface area contributed by atoms with E-state index in [4.69, 9.17) is 11.6 Å².